The molecule has 0 unspecified atom stereocenters. The molecule has 4 heteroatoms. The van der Waals surface area contributed by atoms with E-state index in [9.17, 15) is 4.79 Å². The summed E-state index contributed by atoms with van der Waals surface area (Å²) >= 11 is 3.33. The van der Waals surface area contributed by atoms with Crippen molar-refractivity contribution in [2.75, 3.05) is 5.73 Å². The molecule has 0 radical (unpaired) electrons. The summed E-state index contributed by atoms with van der Waals surface area (Å²) in [7, 11) is 0. The van der Waals surface area contributed by atoms with Crippen molar-refractivity contribution in [3.05, 3.63) is 52.4 Å². The minimum atomic E-state index is -0.0193. The van der Waals surface area contributed by atoms with E-state index in [1.54, 1.807) is 36.6 Å². The Morgan fingerprint density at radius 3 is 2.88 bits per heavy atom. The second-order valence-electron chi connectivity index (χ2n) is 3.42. The molecule has 2 rings (SSSR count). The third kappa shape index (κ3) is 2.33. The summed E-state index contributed by atoms with van der Waals surface area (Å²) in [5, 5.41) is 0. The summed E-state index contributed by atoms with van der Waals surface area (Å²) < 4.78 is 5.88. The van der Waals surface area contributed by atoms with E-state index in [-0.39, 0.29) is 12.2 Å². The molecule has 0 amide bonds. The minimum absolute atomic E-state index is 0.0193. The van der Waals surface area contributed by atoms with Crippen LogP contribution < -0.4 is 5.73 Å². The Morgan fingerprint density at radius 2 is 2.19 bits per heavy atom. The Labute approximate surface area is 101 Å². The van der Waals surface area contributed by atoms with Gasteiger partial charge in [-0.1, -0.05) is 15.9 Å². The van der Waals surface area contributed by atoms with Gasteiger partial charge in [0.1, 0.15) is 5.76 Å². The fourth-order valence-electron chi connectivity index (χ4n) is 1.42. The van der Waals surface area contributed by atoms with Crippen LogP contribution >= 0.6 is 15.9 Å². The van der Waals surface area contributed by atoms with Gasteiger partial charge in [0.15, 0.2) is 5.78 Å². The molecule has 16 heavy (non-hydrogen) atoms. The predicted molar refractivity (Wildman–Crippen MR) is 65.3 cm³/mol. The number of carbonyl (C=O) groups is 1. The van der Waals surface area contributed by atoms with Crippen molar-refractivity contribution in [2.45, 2.75) is 6.42 Å². The summed E-state index contributed by atoms with van der Waals surface area (Å²) in [5.41, 5.74) is 6.80. The summed E-state index contributed by atoms with van der Waals surface area (Å²) in [6, 6.07) is 8.71. The van der Waals surface area contributed by atoms with Crippen LogP contribution in [-0.4, -0.2) is 5.78 Å². The standard InChI is InChI=1S/C12H10BrNO2/c13-11-4-3-8(14)6-10(11)12(15)7-9-2-1-5-16-9/h1-6H,7,14H2. The van der Waals surface area contributed by atoms with Crippen LogP contribution in [0.5, 0.6) is 0 Å². The number of anilines is 1. The lowest BCUT2D eigenvalue weighted by Crippen LogP contribution is -2.04. The van der Waals surface area contributed by atoms with E-state index < -0.39 is 0 Å². The Balaban J connectivity index is 2.24. The maximum Gasteiger partial charge on any atom is 0.171 e. The molecule has 0 spiro atoms. The number of hydrogen-bond donors (Lipinski definition) is 1. The molecular weight excluding hydrogens is 270 g/mol. The Morgan fingerprint density at radius 1 is 1.38 bits per heavy atom. The van der Waals surface area contributed by atoms with Gasteiger partial charge in [-0.05, 0) is 30.3 Å². The van der Waals surface area contributed by atoms with E-state index in [1.165, 1.54) is 0 Å². The molecule has 1 heterocycles. The lowest BCUT2D eigenvalue weighted by molar-refractivity contribution is 0.0986. The van der Waals surface area contributed by atoms with Crippen molar-refractivity contribution in [1.82, 2.24) is 0 Å². The number of Topliss-reactive ketones (excluding diaryl/α,β-unsaturated/α-hetero) is 1. The number of benzene rings is 1. The first kappa shape index (κ1) is 11.0. The lowest BCUT2D eigenvalue weighted by Gasteiger charge is -2.03. The van der Waals surface area contributed by atoms with E-state index in [0.717, 1.165) is 4.47 Å². The smallest absolute Gasteiger partial charge is 0.171 e. The number of nitrogen functional groups attached to an aromatic ring is 1. The quantitative estimate of drug-likeness (QED) is 0.694. The highest BCUT2D eigenvalue weighted by atomic mass is 79.9. The molecule has 3 nitrogen and oxygen atoms in total. The maximum atomic E-state index is 11.9. The van der Waals surface area contributed by atoms with Crippen molar-refractivity contribution < 1.29 is 9.21 Å². The van der Waals surface area contributed by atoms with Gasteiger partial charge < -0.3 is 10.2 Å². The number of furan rings is 1. The molecular formula is C12H10BrNO2. The fraction of sp³-hybridized carbons (Fsp3) is 0.0833. The Kier molecular flexibility index (Phi) is 3.10. The van der Waals surface area contributed by atoms with Crippen LogP contribution in [0.4, 0.5) is 5.69 Å². The molecule has 0 aliphatic rings. The highest BCUT2D eigenvalue weighted by Gasteiger charge is 2.12. The Hall–Kier alpha value is -1.55. The first-order chi connectivity index (χ1) is 7.66. The molecule has 2 aromatic rings. The van der Waals surface area contributed by atoms with E-state index in [4.69, 9.17) is 10.2 Å². The van der Waals surface area contributed by atoms with E-state index in [0.29, 0.717) is 17.0 Å². The zero-order valence-corrected chi connectivity index (χ0v) is 10.0. The third-order valence-electron chi connectivity index (χ3n) is 2.21. The van der Waals surface area contributed by atoms with Gasteiger partial charge in [0.2, 0.25) is 0 Å². The highest BCUT2D eigenvalue weighted by Crippen LogP contribution is 2.21. The minimum Gasteiger partial charge on any atom is -0.469 e. The second-order valence-corrected chi connectivity index (χ2v) is 4.27. The summed E-state index contributed by atoms with van der Waals surface area (Å²) in [6.07, 6.45) is 1.80. The SMILES string of the molecule is Nc1ccc(Br)c(C(=O)Cc2ccco2)c1. The van der Waals surface area contributed by atoms with Gasteiger partial charge in [0.05, 0.1) is 12.7 Å². The second kappa shape index (κ2) is 4.53. The normalized spacial score (nSPS) is 10.3. The molecule has 1 aromatic heterocycles. The first-order valence-electron chi connectivity index (χ1n) is 4.77. The van der Waals surface area contributed by atoms with Crippen molar-refractivity contribution in [2.24, 2.45) is 0 Å². The average Bonchev–Trinajstić information content (AvgIpc) is 2.74. The predicted octanol–water partition coefficient (Wildman–Crippen LogP) is 3.05. The van der Waals surface area contributed by atoms with Gasteiger partial charge in [-0.3, -0.25) is 4.79 Å². The molecule has 0 atom stereocenters. The summed E-state index contributed by atoms with van der Waals surface area (Å²) in [6.45, 7) is 0. The number of ketones is 1. The number of halogens is 1. The van der Waals surface area contributed by atoms with Crippen LogP contribution in [0.1, 0.15) is 16.1 Å². The van der Waals surface area contributed by atoms with Crippen molar-refractivity contribution in [3.8, 4) is 0 Å². The number of rotatable bonds is 3. The highest BCUT2D eigenvalue weighted by molar-refractivity contribution is 9.10. The van der Waals surface area contributed by atoms with Crippen molar-refractivity contribution in [3.63, 3.8) is 0 Å². The third-order valence-corrected chi connectivity index (χ3v) is 2.90. The van der Waals surface area contributed by atoms with Crippen molar-refractivity contribution >= 4 is 27.4 Å². The molecule has 0 bridgehead atoms. The number of hydrogen-bond acceptors (Lipinski definition) is 3. The largest absolute Gasteiger partial charge is 0.469 e. The molecule has 0 aliphatic heterocycles. The molecule has 0 aliphatic carbocycles. The number of nitrogens with two attached hydrogens (primary N) is 1. The molecule has 1 aromatic carbocycles. The van der Waals surface area contributed by atoms with Crippen LogP contribution in [0.15, 0.2) is 45.5 Å². The molecule has 0 fully saturated rings. The monoisotopic (exact) mass is 279 g/mol. The molecule has 0 saturated carbocycles. The summed E-state index contributed by atoms with van der Waals surface area (Å²) in [4.78, 5) is 11.9. The Bertz CT molecular complexity index is 506. The number of carbonyl (C=O) groups excluding carboxylic acids is 1. The van der Waals surface area contributed by atoms with Crippen LogP contribution in [0.3, 0.4) is 0 Å². The van der Waals surface area contributed by atoms with Gasteiger partial charge in [0, 0.05) is 15.7 Å². The molecule has 82 valence electrons. The van der Waals surface area contributed by atoms with E-state index >= 15 is 0 Å². The van der Waals surface area contributed by atoms with Gasteiger partial charge in [-0.25, -0.2) is 0 Å². The lowest BCUT2D eigenvalue weighted by atomic mass is 10.1. The fourth-order valence-corrected chi connectivity index (χ4v) is 1.89. The van der Waals surface area contributed by atoms with Crippen LogP contribution in [0.2, 0.25) is 0 Å². The van der Waals surface area contributed by atoms with Gasteiger partial charge in [-0.2, -0.15) is 0 Å². The van der Waals surface area contributed by atoms with E-state index in [1.807, 2.05) is 0 Å². The molecule has 2 N–H and O–H groups in total. The maximum absolute atomic E-state index is 11.9. The zero-order valence-electron chi connectivity index (χ0n) is 8.44. The topological polar surface area (TPSA) is 56.2 Å². The van der Waals surface area contributed by atoms with Gasteiger partial charge in [-0.15, -0.1) is 0 Å². The zero-order chi connectivity index (χ0) is 11.5. The average molecular weight is 280 g/mol. The molecule has 0 saturated heterocycles. The van der Waals surface area contributed by atoms with Crippen LogP contribution in [-0.2, 0) is 6.42 Å². The van der Waals surface area contributed by atoms with Gasteiger partial charge >= 0.3 is 0 Å². The van der Waals surface area contributed by atoms with Crippen LogP contribution in [0.25, 0.3) is 0 Å². The van der Waals surface area contributed by atoms with E-state index in [2.05, 4.69) is 15.9 Å². The van der Waals surface area contributed by atoms with Crippen molar-refractivity contribution in [1.29, 1.82) is 0 Å². The first-order valence-corrected chi connectivity index (χ1v) is 5.57. The van der Waals surface area contributed by atoms with Gasteiger partial charge in [0.25, 0.3) is 0 Å². The summed E-state index contributed by atoms with van der Waals surface area (Å²) in [5.74, 6) is 0.633. The van der Waals surface area contributed by atoms with Crippen LogP contribution in [0, 0.1) is 0 Å².